The Morgan fingerprint density at radius 1 is 1.50 bits per heavy atom. The van der Waals surface area contributed by atoms with Gasteiger partial charge < -0.3 is 15.4 Å². The summed E-state index contributed by atoms with van der Waals surface area (Å²) in [7, 11) is 0. The van der Waals surface area contributed by atoms with Crippen molar-refractivity contribution in [1.29, 1.82) is 0 Å². The van der Waals surface area contributed by atoms with Gasteiger partial charge in [0.2, 0.25) is 5.91 Å². The van der Waals surface area contributed by atoms with Crippen molar-refractivity contribution in [2.24, 2.45) is 5.73 Å². The van der Waals surface area contributed by atoms with Gasteiger partial charge >= 0.3 is 0 Å². The molecule has 1 heterocycles. The number of ether oxygens (including phenoxy) is 1. The second kappa shape index (κ2) is 7.89. The Morgan fingerprint density at radius 3 is 2.95 bits per heavy atom. The van der Waals surface area contributed by atoms with Gasteiger partial charge in [-0.2, -0.15) is 11.8 Å². The van der Waals surface area contributed by atoms with Crippen molar-refractivity contribution in [2.45, 2.75) is 18.6 Å². The van der Waals surface area contributed by atoms with E-state index in [1.54, 1.807) is 16.7 Å². The Balaban J connectivity index is 2.01. The van der Waals surface area contributed by atoms with Crippen LogP contribution < -0.4 is 5.73 Å². The van der Waals surface area contributed by atoms with Gasteiger partial charge in [0.05, 0.1) is 19.2 Å². The van der Waals surface area contributed by atoms with Crippen molar-refractivity contribution >= 4 is 17.7 Å². The van der Waals surface area contributed by atoms with Gasteiger partial charge in [0.1, 0.15) is 6.10 Å². The summed E-state index contributed by atoms with van der Waals surface area (Å²) in [5.74, 6) is -1.11. The van der Waals surface area contributed by atoms with Crippen LogP contribution in [0.15, 0.2) is 18.2 Å². The molecule has 0 bridgehead atoms. The average Bonchev–Trinajstić information content (AvgIpc) is 2.54. The minimum atomic E-state index is -0.916. The van der Waals surface area contributed by atoms with Gasteiger partial charge in [-0.3, -0.25) is 4.79 Å². The summed E-state index contributed by atoms with van der Waals surface area (Å²) in [4.78, 5) is 13.9. The van der Waals surface area contributed by atoms with Crippen molar-refractivity contribution in [2.75, 3.05) is 31.7 Å². The Labute approximate surface area is 133 Å². The molecule has 4 nitrogen and oxygen atoms in total. The summed E-state index contributed by atoms with van der Waals surface area (Å²) in [5.41, 5.74) is 6.43. The fraction of sp³-hybridized carbons (Fsp3) is 0.533. The number of carbonyl (C=O) groups excluding carboxylic acids is 1. The maximum Gasteiger partial charge on any atom is 0.239 e. The molecule has 2 rings (SSSR count). The molecule has 0 unspecified atom stereocenters. The molecule has 0 aromatic heterocycles. The van der Waals surface area contributed by atoms with Crippen LogP contribution in [0.4, 0.5) is 8.78 Å². The van der Waals surface area contributed by atoms with Crippen LogP contribution in [-0.2, 0) is 9.53 Å². The molecule has 1 saturated heterocycles. The lowest BCUT2D eigenvalue weighted by Crippen LogP contribution is -2.49. The van der Waals surface area contributed by atoms with Gasteiger partial charge in [-0.1, -0.05) is 6.07 Å². The molecule has 2 atom stereocenters. The van der Waals surface area contributed by atoms with E-state index in [-0.39, 0.29) is 5.91 Å². The Bertz CT molecular complexity index is 530. The quantitative estimate of drug-likeness (QED) is 0.896. The van der Waals surface area contributed by atoms with Gasteiger partial charge in [-0.05, 0) is 36.1 Å². The second-order valence-corrected chi connectivity index (χ2v) is 6.19. The third-order valence-corrected chi connectivity index (χ3v) is 4.29. The molecule has 1 aliphatic rings. The number of halogens is 2. The summed E-state index contributed by atoms with van der Waals surface area (Å²) in [6.45, 7) is 1.12. The molecule has 1 aliphatic heterocycles. The molecule has 7 heteroatoms. The van der Waals surface area contributed by atoms with E-state index in [0.29, 0.717) is 31.7 Å². The number of amides is 1. The number of carbonyl (C=O) groups is 1. The number of thioether (sulfide) groups is 1. The van der Waals surface area contributed by atoms with E-state index in [1.807, 2.05) is 6.26 Å². The van der Waals surface area contributed by atoms with Crippen molar-refractivity contribution in [3.05, 3.63) is 35.4 Å². The van der Waals surface area contributed by atoms with Crippen molar-refractivity contribution in [1.82, 2.24) is 4.90 Å². The SMILES string of the molecule is CSCC[C@H](N)C(=O)N1CCO[C@H](c2ccc(F)c(F)c2)C1. The van der Waals surface area contributed by atoms with E-state index in [2.05, 4.69) is 0 Å². The zero-order chi connectivity index (χ0) is 16.1. The van der Waals surface area contributed by atoms with Gasteiger partial charge in [0.15, 0.2) is 11.6 Å². The zero-order valence-corrected chi connectivity index (χ0v) is 13.2. The van der Waals surface area contributed by atoms with Crippen LogP contribution in [0.1, 0.15) is 18.1 Å². The molecule has 1 amide bonds. The third kappa shape index (κ3) is 4.18. The molecule has 0 saturated carbocycles. The first kappa shape index (κ1) is 17.2. The maximum atomic E-state index is 13.3. The minimum Gasteiger partial charge on any atom is -0.370 e. The highest BCUT2D eigenvalue weighted by atomic mass is 32.2. The molecule has 22 heavy (non-hydrogen) atoms. The number of rotatable bonds is 5. The Kier molecular flexibility index (Phi) is 6.16. The van der Waals surface area contributed by atoms with Crippen molar-refractivity contribution < 1.29 is 18.3 Å². The van der Waals surface area contributed by atoms with E-state index in [4.69, 9.17) is 10.5 Å². The van der Waals surface area contributed by atoms with Crippen LogP contribution in [0, 0.1) is 11.6 Å². The smallest absolute Gasteiger partial charge is 0.239 e. The number of hydrogen-bond donors (Lipinski definition) is 1. The van der Waals surface area contributed by atoms with E-state index in [0.717, 1.165) is 17.9 Å². The van der Waals surface area contributed by atoms with Crippen molar-refractivity contribution in [3.63, 3.8) is 0 Å². The molecule has 0 spiro atoms. The summed E-state index contributed by atoms with van der Waals surface area (Å²) in [6, 6.07) is 3.13. The zero-order valence-electron chi connectivity index (χ0n) is 12.4. The molecule has 1 fully saturated rings. The highest BCUT2D eigenvalue weighted by Crippen LogP contribution is 2.24. The summed E-state index contributed by atoms with van der Waals surface area (Å²) in [6.07, 6.45) is 2.12. The van der Waals surface area contributed by atoms with Crippen LogP contribution in [0.5, 0.6) is 0 Å². The van der Waals surface area contributed by atoms with Crippen molar-refractivity contribution in [3.8, 4) is 0 Å². The number of nitrogens with zero attached hydrogens (tertiary/aromatic N) is 1. The summed E-state index contributed by atoms with van der Waals surface area (Å²) in [5, 5.41) is 0. The summed E-state index contributed by atoms with van der Waals surface area (Å²) < 4.78 is 31.9. The molecule has 2 N–H and O–H groups in total. The minimum absolute atomic E-state index is 0.120. The molecule has 1 aromatic rings. The number of hydrogen-bond acceptors (Lipinski definition) is 4. The van der Waals surface area contributed by atoms with E-state index in [1.165, 1.54) is 6.07 Å². The first-order valence-corrected chi connectivity index (χ1v) is 8.52. The molecular weight excluding hydrogens is 310 g/mol. The number of benzene rings is 1. The summed E-state index contributed by atoms with van der Waals surface area (Å²) >= 11 is 1.64. The van der Waals surface area contributed by atoms with E-state index >= 15 is 0 Å². The fourth-order valence-electron chi connectivity index (χ4n) is 2.37. The largest absolute Gasteiger partial charge is 0.370 e. The van der Waals surface area contributed by atoms with Gasteiger partial charge in [-0.15, -0.1) is 0 Å². The molecule has 122 valence electrons. The topological polar surface area (TPSA) is 55.6 Å². The number of nitrogens with two attached hydrogens (primary N) is 1. The van der Waals surface area contributed by atoms with E-state index < -0.39 is 23.8 Å². The Morgan fingerprint density at radius 2 is 2.27 bits per heavy atom. The van der Waals surface area contributed by atoms with Gasteiger partial charge in [-0.25, -0.2) is 8.78 Å². The number of morpholine rings is 1. The van der Waals surface area contributed by atoms with Crippen LogP contribution in [0.2, 0.25) is 0 Å². The lowest BCUT2D eigenvalue weighted by atomic mass is 10.1. The molecule has 1 aromatic carbocycles. The van der Waals surface area contributed by atoms with Crippen LogP contribution in [0.3, 0.4) is 0 Å². The van der Waals surface area contributed by atoms with Crippen LogP contribution in [-0.4, -0.2) is 48.6 Å². The predicted octanol–water partition coefficient (Wildman–Crippen LogP) is 1.95. The highest BCUT2D eigenvalue weighted by Gasteiger charge is 2.28. The lowest BCUT2D eigenvalue weighted by molar-refractivity contribution is -0.140. The first-order valence-electron chi connectivity index (χ1n) is 7.12. The fourth-order valence-corrected chi connectivity index (χ4v) is 2.86. The molecular formula is C15H20F2N2O2S. The lowest BCUT2D eigenvalue weighted by Gasteiger charge is -2.34. The second-order valence-electron chi connectivity index (χ2n) is 5.21. The molecule has 0 radical (unpaired) electrons. The highest BCUT2D eigenvalue weighted by molar-refractivity contribution is 7.98. The van der Waals surface area contributed by atoms with Gasteiger partial charge in [0, 0.05) is 6.54 Å². The molecule has 0 aliphatic carbocycles. The standard InChI is InChI=1S/C15H20F2N2O2S/c1-22-7-4-13(18)15(20)19-5-6-21-14(9-19)10-2-3-11(16)12(17)8-10/h2-3,8,13-14H,4-7,9,18H2,1H3/t13-,14-/m0/s1. The third-order valence-electron chi connectivity index (χ3n) is 3.64. The monoisotopic (exact) mass is 330 g/mol. The predicted molar refractivity (Wildman–Crippen MR) is 82.6 cm³/mol. The van der Waals surface area contributed by atoms with Gasteiger partial charge in [0.25, 0.3) is 0 Å². The Hall–Kier alpha value is -1.18. The maximum absolute atomic E-state index is 13.3. The normalized spacial score (nSPS) is 20.0. The van der Waals surface area contributed by atoms with E-state index in [9.17, 15) is 13.6 Å². The first-order chi connectivity index (χ1) is 10.5. The van der Waals surface area contributed by atoms with Crippen LogP contribution >= 0.6 is 11.8 Å². The average molecular weight is 330 g/mol. The van der Waals surface area contributed by atoms with Crippen LogP contribution in [0.25, 0.3) is 0 Å².